The smallest absolute Gasteiger partial charge is 0.145 e. The Kier molecular flexibility index (Phi) is 5.28. The Morgan fingerprint density at radius 3 is 1.65 bits per heavy atom. The molecular formula is C43H27N3. The highest BCUT2D eigenvalue weighted by Crippen LogP contribution is 2.44. The highest BCUT2D eigenvalue weighted by Gasteiger charge is 2.21. The van der Waals surface area contributed by atoms with E-state index in [2.05, 4.69) is 173 Å². The molecule has 0 unspecified atom stereocenters. The first-order valence-electron chi connectivity index (χ1n) is 15.7. The van der Waals surface area contributed by atoms with Gasteiger partial charge in [0.15, 0.2) is 0 Å². The van der Waals surface area contributed by atoms with Crippen LogP contribution in [0.2, 0.25) is 0 Å². The maximum absolute atomic E-state index is 5.32. The quantitative estimate of drug-likeness (QED) is 0.189. The SMILES string of the molecule is c1ccc(-c2nc3cc4c5ccccc5c5ccc6c7ccccc7n(-c7ccccc7)c6c5c4cc3n2-c2ccccc2)cc1. The second-order valence-corrected chi connectivity index (χ2v) is 12.0. The number of aromatic nitrogens is 3. The number of hydrogen-bond acceptors (Lipinski definition) is 1. The summed E-state index contributed by atoms with van der Waals surface area (Å²) in [7, 11) is 0. The van der Waals surface area contributed by atoms with Crippen molar-refractivity contribution in [2.45, 2.75) is 0 Å². The van der Waals surface area contributed by atoms with Crippen LogP contribution in [0.4, 0.5) is 0 Å². The first kappa shape index (κ1) is 25.2. The molecule has 0 amide bonds. The number of rotatable bonds is 3. The topological polar surface area (TPSA) is 22.8 Å². The third-order valence-electron chi connectivity index (χ3n) is 9.47. The lowest BCUT2D eigenvalue weighted by Crippen LogP contribution is -1.97. The Morgan fingerprint density at radius 2 is 0.935 bits per heavy atom. The molecule has 46 heavy (non-hydrogen) atoms. The van der Waals surface area contributed by atoms with E-state index in [1.54, 1.807) is 0 Å². The van der Waals surface area contributed by atoms with Crippen LogP contribution in [0.5, 0.6) is 0 Å². The molecule has 0 bridgehead atoms. The summed E-state index contributed by atoms with van der Waals surface area (Å²) in [6, 6.07) is 58.8. The monoisotopic (exact) mass is 585 g/mol. The molecule has 0 aliphatic rings. The zero-order chi connectivity index (χ0) is 30.2. The fourth-order valence-electron chi connectivity index (χ4n) is 7.53. The Hall–Kier alpha value is -6.19. The molecule has 0 N–H and O–H groups in total. The van der Waals surface area contributed by atoms with Crippen molar-refractivity contribution in [1.82, 2.24) is 14.1 Å². The van der Waals surface area contributed by atoms with Crippen LogP contribution in [0.25, 0.3) is 87.9 Å². The highest BCUT2D eigenvalue weighted by atomic mass is 15.1. The van der Waals surface area contributed by atoms with Gasteiger partial charge in [-0.05, 0) is 69.4 Å². The average molecular weight is 586 g/mol. The van der Waals surface area contributed by atoms with Gasteiger partial charge in [0.25, 0.3) is 0 Å². The maximum Gasteiger partial charge on any atom is 0.145 e. The Morgan fingerprint density at radius 1 is 0.370 bits per heavy atom. The van der Waals surface area contributed by atoms with Crippen molar-refractivity contribution in [2.24, 2.45) is 0 Å². The number of imidazole rings is 1. The van der Waals surface area contributed by atoms with Crippen LogP contribution in [0.15, 0.2) is 164 Å². The van der Waals surface area contributed by atoms with E-state index in [9.17, 15) is 0 Å². The number of benzene rings is 8. The largest absolute Gasteiger partial charge is 0.309 e. The molecule has 3 heteroatoms. The number of nitrogens with zero attached hydrogens (tertiary/aromatic N) is 3. The third kappa shape index (κ3) is 3.51. The van der Waals surface area contributed by atoms with Gasteiger partial charge in [0.2, 0.25) is 0 Å². The van der Waals surface area contributed by atoms with E-state index in [0.29, 0.717) is 0 Å². The van der Waals surface area contributed by atoms with Crippen molar-refractivity contribution >= 4 is 65.2 Å². The zero-order valence-corrected chi connectivity index (χ0v) is 24.9. The van der Waals surface area contributed by atoms with E-state index < -0.39 is 0 Å². The number of hydrogen-bond donors (Lipinski definition) is 0. The molecule has 0 aliphatic carbocycles. The molecule has 0 aliphatic heterocycles. The van der Waals surface area contributed by atoms with Crippen LogP contribution in [0.3, 0.4) is 0 Å². The molecule has 0 atom stereocenters. The van der Waals surface area contributed by atoms with Crippen molar-refractivity contribution in [3.63, 3.8) is 0 Å². The second-order valence-electron chi connectivity index (χ2n) is 12.0. The van der Waals surface area contributed by atoms with E-state index in [0.717, 1.165) is 33.8 Å². The summed E-state index contributed by atoms with van der Waals surface area (Å²) in [6.45, 7) is 0. The molecule has 10 rings (SSSR count). The molecule has 214 valence electrons. The van der Waals surface area contributed by atoms with Gasteiger partial charge >= 0.3 is 0 Å². The summed E-state index contributed by atoms with van der Waals surface area (Å²) in [4.78, 5) is 5.32. The molecule has 0 radical (unpaired) electrons. The normalized spacial score (nSPS) is 11.9. The summed E-state index contributed by atoms with van der Waals surface area (Å²) >= 11 is 0. The van der Waals surface area contributed by atoms with Crippen LogP contribution >= 0.6 is 0 Å². The Bertz CT molecular complexity index is 2770. The minimum Gasteiger partial charge on any atom is -0.309 e. The number of fused-ring (bicyclic) bond motifs is 11. The van der Waals surface area contributed by atoms with Crippen molar-refractivity contribution < 1.29 is 0 Å². The zero-order valence-electron chi connectivity index (χ0n) is 24.9. The first-order chi connectivity index (χ1) is 22.8. The molecule has 0 spiro atoms. The molecule has 10 aromatic rings. The fraction of sp³-hybridized carbons (Fsp3) is 0. The minimum absolute atomic E-state index is 0.939. The highest BCUT2D eigenvalue weighted by molar-refractivity contribution is 6.34. The van der Waals surface area contributed by atoms with Gasteiger partial charge < -0.3 is 4.57 Å². The van der Waals surface area contributed by atoms with Gasteiger partial charge in [0.1, 0.15) is 5.82 Å². The van der Waals surface area contributed by atoms with Gasteiger partial charge in [-0.25, -0.2) is 4.98 Å². The van der Waals surface area contributed by atoms with Gasteiger partial charge in [0.05, 0.1) is 22.1 Å². The van der Waals surface area contributed by atoms with Gasteiger partial charge in [-0.3, -0.25) is 4.57 Å². The lowest BCUT2D eigenvalue weighted by atomic mass is 9.92. The third-order valence-corrected chi connectivity index (χ3v) is 9.47. The van der Waals surface area contributed by atoms with Crippen molar-refractivity contribution in [3.8, 4) is 22.8 Å². The minimum atomic E-state index is 0.939. The summed E-state index contributed by atoms with van der Waals surface area (Å²) in [5.41, 5.74) is 7.85. The fourth-order valence-corrected chi connectivity index (χ4v) is 7.53. The molecule has 2 aromatic heterocycles. The van der Waals surface area contributed by atoms with E-state index in [1.165, 1.54) is 54.1 Å². The molecule has 0 saturated carbocycles. The summed E-state index contributed by atoms with van der Waals surface area (Å²) in [5, 5.41) is 9.95. The van der Waals surface area contributed by atoms with E-state index in [1.807, 2.05) is 0 Å². The molecule has 0 saturated heterocycles. The van der Waals surface area contributed by atoms with Crippen LogP contribution in [-0.4, -0.2) is 14.1 Å². The standard InChI is InChI=1S/C43H27N3/c1-4-14-28(15-5-1)43-44-38-26-36-32-21-11-10-20-31(32)34-24-25-35-33-22-12-13-23-39(33)45(29-16-6-2-7-17-29)42(35)41(34)37(36)27-40(38)46(43)30-18-8-3-9-19-30/h1-27H. The first-order valence-corrected chi connectivity index (χ1v) is 15.7. The van der Waals surface area contributed by atoms with E-state index in [4.69, 9.17) is 4.98 Å². The number of para-hydroxylation sites is 3. The predicted octanol–water partition coefficient (Wildman–Crippen LogP) is 11.2. The van der Waals surface area contributed by atoms with Gasteiger partial charge in [-0.2, -0.15) is 0 Å². The molecular weight excluding hydrogens is 558 g/mol. The van der Waals surface area contributed by atoms with Gasteiger partial charge in [-0.1, -0.05) is 121 Å². The average Bonchev–Trinajstić information content (AvgIpc) is 3.68. The van der Waals surface area contributed by atoms with Crippen LogP contribution in [0.1, 0.15) is 0 Å². The molecule has 2 heterocycles. The summed E-state index contributed by atoms with van der Waals surface area (Å²) < 4.78 is 4.77. The lowest BCUT2D eigenvalue weighted by Gasteiger charge is -2.15. The van der Waals surface area contributed by atoms with E-state index in [-0.39, 0.29) is 0 Å². The maximum atomic E-state index is 5.32. The van der Waals surface area contributed by atoms with E-state index >= 15 is 0 Å². The molecule has 0 fully saturated rings. The summed E-state index contributed by atoms with van der Waals surface area (Å²) in [5.74, 6) is 0.939. The molecule has 3 nitrogen and oxygen atoms in total. The summed E-state index contributed by atoms with van der Waals surface area (Å²) in [6.07, 6.45) is 0. The van der Waals surface area contributed by atoms with Crippen LogP contribution in [-0.2, 0) is 0 Å². The second kappa shape index (κ2) is 9.65. The van der Waals surface area contributed by atoms with Crippen molar-refractivity contribution in [3.05, 3.63) is 164 Å². The molecule has 8 aromatic carbocycles. The Balaban J connectivity index is 1.47. The van der Waals surface area contributed by atoms with Crippen LogP contribution < -0.4 is 0 Å². The van der Waals surface area contributed by atoms with Crippen molar-refractivity contribution in [1.29, 1.82) is 0 Å². The lowest BCUT2D eigenvalue weighted by molar-refractivity contribution is 1.10. The van der Waals surface area contributed by atoms with Crippen molar-refractivity contribution in [2.75, 3.05) is 0 Å². The van der Waals surface area contributed by atoms with Gasteiger partial charge in [-0.15, -0.1) is 0 Å². The van der Waals surface area contributed by atoms with Crippen LogP contribution in [0, 0.1) is 0 Å². The predicted molar refractivity (Wildman–Crippen MR) is 193 cm³/mol. The Labute approximate surface area is 265 Å². The van der Waals surface area contributed by atoms with Gasteiger partial charge in [0, 0.05) is 33.1 Å².